The number of hydrogen-bond donors (Lipinski definition) is 0. The molecule has 0 saturated carbocycles. The zero-order valence-corrected chi connectivity index (χ0v) is 35.0. The summed E-state index contributed by atoms with van der Waals surface area (Å²) < 4.78 is 0. The average molecular weight is 757 g/mol. The molecule has 0 nitrogen and oxygen atoms in total. The molecule has 0 aliphatic heterocycles. The molecule has 244 valence electrons. The van der Waals surface area contributed by atoms with Crippen LogP contribution in [0.5, 0.6) is 0 Å². The average Bonchev–Trinajstić information content (AvgIpc) is 3.62. The Morgan fingerprint density at radius 3 is 1.85 bits per heavy atom. The minimum atomic E-state index is -0.826. The van der Waals surface area contributed by atoms with E-state index < -0.39 is 20.8 Å². The van der Waals surface area contributed by atoms with E-state index in [0.717, 1.165) is 9.52 Å². The molecule has 0 amide bonds. The van der Waals surface area contributed by atoms with Gasteiger partial charge in [0, 0.05) is 9.52 Å². The van der Waals surface area contributed by atoms with Gasteiger partial charge in [-0.2, -0.15) is 12.1 Å². The summed E-state index contributed by atoms with van der Waals surface area (Å²) in [5.41, 5.74) is 13.7. The second kappa shape index (κ2) is 18.0. The Bertz CT molecular complexity index is 1860. The van der Waals surface area contributed by atoms with E-state index in [1.807, 2.05) is 0 Å². The number of benzene rings is 4. The molecule has 6 aromatic rings. The molecule has 6 rings (SSSR count). The van der Waals surface area contributed by atoms with Crippen LogP contribution >= 0.6 is 17.0 Å². The summed E-state index contributed by atoms with van der Waals surface area (Å²) in [4.78, 5) is 0. The Balaban J connectivity index is 0.000000219. The first-order valence-electron chi connectivity index (χ1n) is 16.3. The summed E-state index contributed by atoms with van der Waals surface area (Å²) in [6.45, 7) is 24.3. The van der Waals surface area contributed by atoms with E-state index in [1.165, 1.54) is 77.2 Å². The van der Waals surface area contributed by atoms with Crippen molar-refractivity contribution in [2.24, 2.45) is 0 Å². The summed E-state index contributed by atoms with van der Waals surface area (Å²) >= 11 is -0.826. The molecule has 0 saturated heterocycles. The van der Waals surface area contributed by atoms with Crippen LogP contribution in [0, 0.1) is 27.7 Å². The van der Waals surface area contributed by atoms with Gasteiger partial charge in [0.15, 0.2) is 0 Å². The van der Waals surface area contributed by atoms with Gasteiger partial charge in [0.25, 0.3) is 0 Å². The van der Waals surface area contributed by atoms with Crippen molar-refractivity contribution in [3.8, 4) is 22.3 Å². The number of aryl methyl sites for hydroxylation is 4. The van der Waals surface area contributed by atoms with Crippen molar-refractivity contribution in [1.29, 1.82) is 0 Å². The molecule has 0 heterocycles. The van der Waals surface area contributed by atoms with E-state index in [4.69, 9.17) is 17.0 Å². The minimum absolute atomic E-state index is 0.206. The van der Waals surface area contributed by atoms with Crippen molar-refractivity contribution in [2.45, 2.75) is 86.7 Å². The van der Waals surface area contributed by atoms with E-state index in [9.17, 15) is 0 Å². The molecule has 0 bridgehead atoms. The zero-order valence-electron chi connectivity index (χ0n) is 30.1. The first-order valence-corrected chi connectivity index (χ1v) is 24.7. The van der Waals surface area contributed by atoms with Crippen LogP contribution in [0.25, 0.3) is 43.8 Å². The third-order valence-corrected chi connectivity index (χ3v) is 8.30. The van der Waals surface area contributed by atoms with Gasteiger partial charge in [0.05, 0.1) is 0 Å². The van der Waals surface area contributed by atoms with E-state index in [0.29, 0.717) is 5.92 Å². The molecule has 0 N–H and O–H groups in total. The first-order chi connectivity index (χ1) is 22.2. The predicted molar refractivity (Wildman–Crippen MR) is 211 cm³/mol. The van der Waals surface area contributed by atoms with Gasteiger partial charge in [-0.05, 0) is 54.4 Å². The van der Waals surface area contributed by atoms with Crippen LogP contribution in [0.1, 0.15) is 73.9 Å². The van der Waals surface area contributed by atoms with E-state index >= 15 is 0 Å². The summed E-state index contributed by atoms with van der Waals surface area (Å²) in [7, 11) is 11.0. The molecule has 0 atom stereocenters. The molecule has 0 aliphatic carbocycles. The Morgan fingerprint density at radius 2 is 1.26 bits per heavy atom. The maximum absolute atomic E-state index is 4.93. The van der Waals surface area contributed by atoms with Gasteiger partial charge in [-0.1, -0.05) is 131 Å². The van der Waals surface area contributed by atoms with Crippen molar-refractivity contribution >= 4 is 48.1 Å². The van der Waals surface area contributed by atoms with Crippen LogP contribution < -0.4 is 0 Å². The molecule has 2 radical (unpaired) electrons. The molecule has 0 spiro atoms. The normalized spacial score (nSPS) is 10.9. The standard InChI is InChI=1S/C21H23.C20H21.C2H6Si.2ClH.Zr/c1-14-10-17-11-15(2)13-20(17)19(12-14)16-6-8-18(9-7-16)21(3,4)5;1-13(2)17-11-16-6-5-7-18(20(16)12-17)19-10-14(3)8-9-15(19)4;1-3-2;;;/h6-13H,1-5H3;5-13H,1-4H3;1-2H3;2*1H;/q2*-1;;;;+4/p-2. The Labute approximate surface area is 306 Å². The molecule has 47 heavy (non-hydrogen) atoms. The second-order valence-corrected chi connectivity index (χ2v) is 18.5. The number of rotatable bonds is 3. The van der Waals surface area contributed by atoms with E-state index in [1.54, 1.807) is 0 Å². The summed E-state index contributed by atoms with van der Waals surface area (Å²) in [5, 5.41) is 5.45. The fraction of sp³-hybridized carbons (Fsp3) is 0.302. The van der Waals surface area contributed by atoms with Gasteiger partial charge in [0.2, 0.25) is 0 Å². The Morgan fingerprint density at radius 1 is 0.660 bits per heavy atom. The third kappa shape index (κ3) is 10.6. The molecule has 6 aromatic carbocycles. The Hall–Kier alpha value is -2.22. The topological polar surface area (TPSA) is 0 Å². The molecular formula is C43H50Cl2SiZr. The van der Waals surface area contributed by atoms with Crippen LogP contribution in [0.4, 0.5) is 0 Å². The van der Waals surface area contributed by atoms with Gasteiger partial charge in [0.1, 0.15) is 0 Å². The number of fused-ring (bicyclic) bond motifs is 2. The molecule has 0 aromatic heterocycles. The molecule has 4 heteroatoms. The summed E-state index contributed by atoms with van der Waals surface area (Å²) in [6, 6.07) is 36.2. The van der Waals surface area contributed by atoms with Crippen LogP contribution in [0.15, 0.2) is 97.1 Å². The number of hydrogen-bond acceptors (Lipinski definition) is 0. The predicted octanol–water partition coefficient (Wildman–Crippen LogP) is 14.3. The summed E-state index contributed by atoms with van der Waals surface area (Å²) in [5.74, 6) is 0.578. The van der Waals surface area contributed by atoms with Gasteiger partial charge in [-0.15, -0.1) is 63.0 Å². The van der Waals surface area contributed by atoms with Gasteiger partial charge < -0.3 is 0 Å². The number of halogens is 2. The molecule has 0 aliphatic rings. The van der Waals surface area contributed by atoms with Crippen molar-refractivity contribution in [1.82, 2.24) is 0 Å². The van der Waals surface area contributed by atoms with E-state index in [2.05, 4.69) is 172 Å². The van der Waals surface area contributed by atoms with Crippen LogP contribution in [-0.4, -0.2) is 9.52 Å². The van der Waals surface area contributed by atoms with E-state index in [-0.39, 0.29) is 5.41 Å². The molecule has 0 fully saturated rings. The fourth-order valence-corrected chi connectivity index (χ4v) is 5.86. The quantitative estimate of drug-likeness (QED) is 0.125. The van der Waals surface area contributed by atoms with Crippen molar-refractivity contribution in [3.63, 3.8) is 0 Å². The van der Waals surface area contributed by atoms with Crippen molar-refractivity contribution in [3.05, 3.63) is 130 Å². The van der Waals surface area contributed by atoms with Gasteiger partial charge in [-0.3, -0.25) is 0 Å². The van der Waals surface area contributed by atoms with Crippen LogP contribution in [-0.2, 0) is 26.3 Å². The SMILES string of the molecule is C[Si]C.Cc1cc(-c2ccc(C(C)(C)C)cc2)c2cc(C)[cH-]c2c1.Cc1ccc(C)c(-c2cccc3[cH-]c(C(C)C)cc23)c1.[Cl][Zr+2][Cl]. The van der Waals surface area contributed by atoms with Crippen molar-refractivity contribution in [2.75, 3.05) is 0 Å². The summed E-state index contributed by atoms with van der Waals surface area (Å²) in [6.07, 6.45) is 0. The fourth-order valence-electron chi connectivity index (χ4n) is 5.86. The zero-order chi connectivity index (χ0) is 34.9. The maximum atomic E-state index is 4.93. The molecular weight excluding hydrogens is 707 g/mol. The van der Waals surface area contributed by atoms with Crippen molar-refractivity contribution < 1.29 is 20.8 Å². The monoisotopic (exact) mass is 754 g/mol. The first kappa shape index (κ1) is 39.2. The van der Waals surface area contributed by atoms with Gasteiger partial charge >= 0.3 is 37.9 Å². The molecule has 0 unspecified atom stereocenters. The van der Waals surface area contributed by atoms with Gasteiger partial charge in [-0.25, -0.2) is 0 Å². The third-order valence-electron chi connectivity index (χ3n) is 8.30. The van der Waals surface area contributed by atoms with Crippen LogP contribution in [0.3, 0.4) is 0 Å². The Kier molecular flexibility index (Phi) is 15.0. The second-order valence-electron chi connectivity index (χ2n) is 13.8. The van der Waals surface area contributed by atoms with Crippen LogP contribution in [0.2, 0.25) is 13.1 Å².